The van der Waals surface area contributed by atoms with Gasteiger partial charge in [0.25, 0.3) is 0 Å². The SMILES string of the molecule is NCC1(NC2CC2)CCS(=O)(=O)C1. The summed E-state index contributed by atoms with van der Waals surface area (Å²) in [5.41, 5.74) is 5.33. The lowest BCUT2D eigenvalue weighted by atomic mass is 9.99. The molecule has 1 heterocycles. The fraction of sp³-hybridized carbons (Fsp3) is 1.00. The van der Waals surface area contributed by atoms with E-state index in [9.17, 15) is 8.42 Å². The third kappa shape index (κ3) is 2.03. The van der Waals surface area contributed by atoms with Crippen molar-refractivity contribution in [3.05, 3.63) is 0 Å². The monoisotopic (exact) mass is 204 g/mol. The molecule has 1 atom stereocenters. The summed E-state index contributed by atoms with van der Waals surface area (Å²) in [5.74, 6) is 0.525. The molecule has 76 valence electrons. The Labute approximate surface area is 78.8 Å². The second kappa shape index (κ2) is 2.93. The van der Waals surface area contributed by atoms with E-state index in [1.807, 2.05) is 0 Å². The minimum absolute atomic E-state index is 0.229. The summed E-state index contributed by atoms with van der Waals surface area (Å²) in [6, 6.07) is 0.525. The Balaban J connectivity index is 2.07. The molecular formula is C8H16N2O2S. The van der Waals surface area contributed by atoms with Gasteiger partial charge >= 0.3 is 0 Å². The molecule has 1 saturated heterocycles. The molecule has 0 spiro atoms. The summed E-state index contributed by atoms with van der Waals surface area (Å²) >= 11 is 0. The summed E-state index contributed by atoms with van der Waals surface area (Å²) in [6.45, 7) is 0.433. The van der Waals surface area contributed by atoms with Gasteiger partial charge in [-0.25, -0.2) is 8.42 Å². The van der Waals surface area contributed by atoms with E-state index in [-0.39, 0.29) is 11.3 Å². The van der Waals surface area contributed by atoms with Crippen molar-refractivity contribution in [2.45, 2.75) is 30.8 Å². The van der Waals surface area contributed by atoms with Gasteiger partial charge in [-0.1, -0.05) is 0 Å². The van der Waals surface area contributed by atoms with Gasteiger partial charge in [0, 0.05) is 18.1 Å². The average molecular weight is 204 g/mol. The molecule has 0 aromatic carbocycles. The molecule has 0 amide bonds. The van der Waals surface area contributed by atoms with Crippen LogP contribution in [0.1, 0.15) is 19.3 Å². The minimum Gasteiger partial charge on any atom is -0.329 e. The molecule has 5 heteroatoms. The standard InChI is InChI=1S/C8H16N2O2S/c9-5-8(10-7-1-2-7)3-4-13(11,12)6-8/h7,10H,1-6,9H2. The van der Waals surface area contributed by atoms with Crippen LogP contribution in [0.4, 0.5) is 0 Å². The van der Waals surface area contributed by atoms with Gasteiger partial charge in [0.15, 0.2) is 9.84 Å². The molecule has 2 rings (SSSR count). The van der Waals surface area contributed by atoms with Crippen LogP contribution in [0.15, 0.2) is 0 Å². The molecule has 0 radical (unpaired) electrons. The summed E-state index contributed by atoms with van der Waals surface area (Å²) in [5, 5.41) is 3.37. The highest BCUT2D eigenvalue weighted by Gasteiger charge is 2.43. The van der Waals surface area contributed by atoms with Crippen molar-refractivity contribution < 1.29 is 8.42 Å². The van der Waals surface area contributed by atoms with Gasteiger partial charge in [-0.05, 0) is 19.3 Å². The Morgan fingerprint density at radius 1 is 1.46 bits per heavy atom. The van der Waals surface area contributed by atoms with E-state index >= 15 is 0 Å². The molecule has 4 nitrogen and oxygen atoms in total. The Kier molecular flexibility index (Phi) is 2.13. The molecule has 0 bridgehead atoms. The molecule has 0 aromatic rings. The maximum atomic E-state index is 11.3. The quantitative estimate of drug-likeness (QED) is 0.635. The highest BCUT2D eigenvalue weighted by molar-refractivity contribution is 7.91. The summed E-state index contributed by atoms with van der Waals surface area (Å²) in [4.78, 5) is 0. The number of rotatable bonds is 3. The summed E-state index contributed by atoms with van der Waals surface area (Å²) in [6.07, 6.45) is 3.02. The van der Waals surface area contributed by atoms with E-state index in [0.717, 1.165) is 0 Å². The van der Waals surface area contributed by atoms with Crippen molar-refractivity contribution in [2.24, 2.45) is 5.73 Å². The lowest BCUT2D eigenvalue weighted by Crippen LogP contribution is -2.53. The Hall–Kier alpha value is -0.130. The first-order valence-electron chi connectivity index (χ1n) is 4.73. The van der Waals surface area contributed by atoms with Gasteiger partial charge in [-0.15, -0.1) is 0 Å². The molecule has 1 saturated carbocycles. The van der Waals surface area contributed by atoms with Crippen molar-refractivity contribution in [1.82, 2.24) is 5.32 Å². The topological polar surface area (TPSA) is 72.2 Å². The first-order valence-corrected chi connectivity index (χ1v) is 6.56. The van der Waals surface area contributed by atoms with Gasteiger partial charge in [0.2, 0.25) is 0 Å². The van der Waals surface area contributed by atoms with Crippen molar-refractivity contribution in [2.75, 3.05) is 18.1 Å². The van der Waals surface area contributed by atoms with Crippen LogP contribution in [0.5, 0.6) is 0 Å². The number of hydrogen-bond acceptors (Lipinski definition) is 4. The van der Waals surface area contributed by atoms with Crippen molar-refractivity contribution >= 4 is 9.84 Å². The normalized spacial score (nSPS) is 37.9. The first-order chi connectivity index (χ1) is 6.05. The Bertz CT molecular complexity index is 297. The predicted octanol–water partition coefficient (Wildman–Crippen LogP) is -0.746. The zero-order chi connectivity index (χ0) is 9.53. The number of nitrogens with two attached hydrogens (primary N) is 1. The molecule has 2 fully saturated rings. The van der Waals surface area contributed by atoms with Gasteiger partial charge in [-0.3, -0.25) is 0 Å². The summed E-state index contributed by atoms with van der Waals surface area (Å²) in [7, 11) is -2.83. The van der Waals surface area contributed by atoms with E-state index in [1.165, 1.54) is 12.8 Å². The molecular weight excluding hydrogens is 188 g/mol. The maximum Gasteiger partial charge on any atom is 0.152 e. The largest absolute Gasteiger partial charge is 0.329 e. The molecule has 1 aliphatic carbocycles. The van der Waals surface area contributed by atoms with E-state index in [4.69, 9.17) is 5.73 Å². The lowest BCUT2D eigenvalue weighted by Gasteiger charge is -2.27. The van der Waals surface area contributed by atoms with Gasteiger partial charge in [-0.2, -0.15) is 0 Å². The molecule has 3 N–H and O–H groups in total. The molecule has 1 aliphatic heterocycles. The van der Waals surface area contributed by atoms with E-state index in [2.05, 4.69) is 5.32 Å². The Morgan fingerprint density at radius 3 is 2.54 bits per heavy atom. The zero-order valence-corrected chi connectivity index (χ0v) is 8.44. The van der Waals surface area contributed by atoms with Crippen LogP contribution in [0, 0.1) is 0 Å². The second-order valence-electron chi connectivity index (χ2n) is 4.25. The zero-order valence-electron chi connectivity index (χ0n) is 7.62. The minimum atomic E-state index is -2.83. The van der Waals surface area contributed by atoms with Crippen LogP contribution in [-0.4, -0.2) is 38.0 Å². The van der Waals surface area contributed by atoms with Crippen LogP contribution in [-0.2, 0) is 9.84 Å². The van der Waals surface area contributed by atoms with Crippen molar-refractivity contribution in [3.63, 3.8) is 0 Å². The molecule has 2 aliphatic rings. The van der Waals surface area contributed by atoms with Gasteiger partial charge in [0.05, 0.1) is 11.5 Å². The summed E-state index contributed by atoms with van der Waals surface area (Å²) < 4.78 is 22.6. The predicted molar refractivity (Wildman–Crippen MR) is 51.2 cm³/mol. The molecule has 0 aromatic heterocycles. The Morgan fingerprint density at radius 2 is 2.15 bits per heavy atom. The van der Waals surface area contributed by atoms with Gasteiger partial charge < -0.3 is 11.1 Å². The number of sulfone groups is 1. The van der Waals surface area contributed by atoms with E-state index in [0.29, 0.717) is 24.8 Å². The lowest BCUT2D eigenvalue weighted by molar-refractivity contribution is 0.369. The fourth-order valence-electron chi connectivity index (χ4n) is 1.91. The van der Waals surface area contributed by atoms with E-state index in [1.54, 1.807) is 0 Å². The first kappa shape index (κ1) is 9.43. The third-order valence-corrected chi connectivity index (χ3v) is 4.68. The van der Waals surface area contributed by atoms with Crippen LogP contribution >= 0.6 is 0 Å². The van der Waals surface area contributed by atoms with Crippen LogP contribution in [0.25, 0.3) is 0 Å². The average Bonchev–Trinajstić information content (AvgIpc) is 2.78. The van der Waals surface area contributed by atoms with Crippen molar-refractivity contribution in [1.29, 1.82) is 0 Å². The van der Waals surface area contributed by atoms with Gasteiger partial charge in [0.1, 0.15) is 0 Å². The maximum absolute atomic E-state index is 11.3. The second-order valence-corrected chi connectivity index (χ2v) is 6.43. The fourth-order valence-corrected chi connectivity index (χ4v) is 3.94. The van der Waals surface area contributed by atoms with Crippen molar-refractivity contribution in [3.8, 4) is 0 Å². The van der Waals surface area contributed by atoms with Crippen LogP contribution < -0.4 is 11.1 Å². The number of nitrogens with one attached hydrogen (secondary N) is 1. The third-order valence-electron chi connectivity index (χ3n) is 2.87. The highest BCUT2D eigenvalue weighted by atomic mass is 32.2. The molecule has 13 heavy (non-hydrogen) atoms. The van der Waals surface area contributed by atoms with Crippen LogP contribution in [0.2, 0.25) is 0 Å². The van der Waals surface area contributed by atoms with E-state index < -0.39 is 9.84 Å². The number of hydrogen-bond donors (Lipinski definition) is 2. The van der Waals surface area contributed by atoms with Crippen LogP contribution in [0.3, 0.4) is 0 Å². The highest BCUT2D eigenvalue weighted by Crippen LogP contribution is 2.28. The smallest absolute Gasteiger partial charge is 0.152 e. The molecule has 1 unspecified atom stereocenters.